The Kier molecular flexibility index (Phi) is 9.18. The first-order valence-electron chi connectivity index (χ1n) is 13.3. The van der Waals surface area contributed by atoms with Gasteiger partial charge in [-0.2, -0.15) is 10.4 Å². The number of carbonyl (C=O) groups is 3. The van der Waals surface area contributed by atoms with Crippen molar-refractivity contribution in [1.82, 2.24) is 19.9 Å². The number of ether oxygens (including phenoxy) is 5. The van der Waals surface area contributed by atoms with E-state index in [1.165, 1.54) is 10.8 Å². The third-order valence-electron chi connectivity index (χ3n) is 6.99. The van der Waals surface area contributed by atoms with Crippen LogP contribution in [0.5, 0.6) is 0 Å². The van der Waals surface area contributed by atoms with Crippen molar-refractivity contribution in [3.63, 3.8) is 0 Å². The number of carbonyl (C=O) groups excluding carboxylic acids is 3. The van der Waals surface area contributed by atoms with Crippen LogP contribution in [-0.2, 0) is 38.1 Å². The van der Waals surface area contributed by atoms with Crippen molar-refractivity contribution in [2.24, 2.45) is 0 Å². The molecule has 1 aliphatic heterocycles. The first-order valence-corrected chi connectivity index (χ1v) is 13.3. The van der Waals surface area contributed by atoms with E-state index in [9.17, 15) is 19.6 Å². The predicted molar refractivity (Wildman–Crippen MR) is 137 cm³/mol. The number of hydrogen-bond donors (Lipinski definition) is 2. The molecule has 1 saturated heterocycles. The van der Waals surface area contributed by atoms with Crippen molar-refractivity contribution in [3.05, 3.63) is 24.2 Å². The van der Waals surface area contributed by atoms with Crippen molar-refractivity contribution in [2.45, 2.75) is 88.9 Å². The van der Waals surface area contributed by atoms with E-state index in [0.717, 1.165) is 19.3 Å². The summed E-state index contributed by atoms with van der Waals surface area (Å²) in [6.45, 7) is 4.35. The predicted octanol–water partition coefficient (Wildman–Crippen LogP) is 1.34. The van der Waals surface area contributed by atoms with Gasteiger partial charge in [0.15, 0.2) is 18.0 Å². The van der Waals surface area contributed by atoms with Crippen molar-refractivity contribution in [1.29, 1.82) is 5.26 Å². The molecule has 2 fully saturated rings. The van der Waals surface area contributed by atoms with E-state index in [1.807, 2.05) is 0 Å². The summed E-state index contributed by atoms with van der Waals surface area (Å²) in [5.74, 6) is -1.39. The van der Waals surface area contributed by atoms with E-state index < -0.39 is 47.9 Å². The number of nitrogens with two attached hydrogens (primary N) is 1. The Bertz CT molecular complexity index is 1270. The molecule has 0 bridgehead atoms. The number of nitrogens with one attached hydrogen (secondary N) is 1. The minimum atomic E-state index is -1.87. The average molecular weight is 559 g/mol. The fourth-order valence-electron chi connectivity index (χ4n) is 4.41. The summed E-state index contributed by atoms with van der Waals surface area (Å²) in [6.07, 6.45) is 0.393. The van der Waals surface area contributed by atoms with Crippen LogP contribution < -0.4 is 11.1 Å². The van der Waals surface area contributed by atoms with Crippen LogP contribution in [0.2, 0.25) is 0 Å². The number of hydrogen-bond acceptors (Lipinski definition) is 13. The van der Waals surface area contributed by atoms with Crippen LogP contribution >= 0.6 is 0 Å². The maximum atomic E-state index is 12.5. The molecular weight excluding hydrogens is 524 g/mol. The van der Waals surface area contributed by atoms with E-state index >= 15 is 0 Å². The fourth-order valence-corrected chi connectivity index (χ4v) is 4.41. The summed E-state index contributed by atoms with van der Waals surface area (Å²) in [5, 5.41) is 17.5. The lowest BCUT2D eigenvalue weighted by atomic mass is 9.95. The monoisotopic (exact) mass is 558 g/mol. The smallest absolute Gasteiger partial charge is 0.323 e. The lowest BCUT2D eigenvalue weighted by Gasteiger charge is -2.29. The van der Waals surface area contributed by atoms with Crippen LogP contribution in [0.3, 0.4) is 0 Å². The molecule has 14 heteroatoms. The third-order valence-corrected chi connectivity index (χ3v) is 6.99. The minimum absolute atomic E-state index is 0.0119. The maximum absolute atomic E-state index is 12.5. The normalized spacial score (nSPS) is 25.1. The Labute approximate surface area is 231 Å². The van der Waals surface area contributed by atoms with E-state index in [2.05, 4.69) is 21.5 Å². The topological polar surface area (TPSA) is 189 Å². The summed E-state index contributed by atoms with van der Waals surface area (Å²) in [5.41, 5.74) is 4.99. The van der Waals surface area contributed by atoms with E-state index in [-0.39, 0.29) is 38.1 Å². The van der Waals surface area contributed by atoms with Gasteiger partial charge in [0.2, 0.25) is 5.60 Å². The van der Waals surface area contributed by atoms with Gasteiger partial charge >= 0.3 is 17.9 Å². The molecule has 2 aliphatic rings. The molecule has 1 saturated carbocycles. The van der Waals surface area contributed by atoms with Gasteiger partial charge in [0.25, 0.3) is 0 Å². The Morgan fingerprint density at radius 1 is 1.23 bits per heavy atom. The SMILES string of the molecule is CCC(=O)O[C@H]1[C@H](c2ccc3c(N)ncnn23)O[C@](C#N)(COCNC(C)C(=O)OC2CCC2)[C@H]1OC(=O)CC. The number of rotatable bonds is 12. The molecule has 3 N–H and O–H groups in total. The molecule has 1 aliphatic carbocycles. The van der Waals surface area contributed by atoms with Crippen molar-refractivity contribution >= 4 is 29.2 Å². The number of nitrogen functional groups attached to an aromatic ring is 1. The second-order valence-corrected chi connectivity index (χ2v) is 9.72. The van der Waals surface area contributed by atoms with E-state index in [1.54, 1.807) is 32.9 Å². The highest BCUT2D eigenvalue weighted by Crippen LogP contribution is 2.44. The van der Waals surface area contributed by atoms with Crippen molar-refractivity contribution < 1.29 is 38.1 Å². The summed E-state index contributed by atoms with van der Waals surface area (Å²) in [4.78, 5) is 41.2. The van der Waals surface area contributed by atoms with Gasteiger partial charge in [-0.15, -0.1) is 0 Å². The van der Waals surface area contributed by atoms with Gasteiger partial charge in [-0.25, -0.2) is 9.50 Å². The molecule has 3 heterocycles. The van der Waals surface area contributed by atoms with Gasteiger partial charge in [-0.3, -0.25) is 19.7 Å². The Balaban J connectivity index is 1.58. The number of aromatic nitrogens is 3. The van der Waals surface area contributed by atoms with E-state index in [4.69, 9.17) is 29.4 Å². The van der Waals surface area contributed by atoms with Crippen molar-refractivity contribution in [3.8, 4) is 6.07 Å². The molecule has 4 rings (SSSR count). The molecule has 14 nitrogen and oxygen atoms in total. The number of nitriles is 1. The standard InChI is InChI=1S/C26H34N6O8/c1-4-19(33)38-22-21(17-9-10-18-24(28)29-13-31-32(17)18)40-26(11-27,23(22)39-20(34)5-2)12-36-14-30-15(3)25(35)37-16-7-6-8-16/h9-10,13,15-16,21-23,30H,4-8,12,14H2,1-3H3,(H2,28,29,31)/t15?,21-,22-,23-,26+/m0/s1. The van der Waals surface area contributed by atoms with Crippen molar-refractivity contribution in [2.75, 3.05) is 19.1 Å². The van der Waals surface area contributed by atoms with Crippen LogP contribution in [0, 0.1) is 11.3 Å². The Morgan fingerprint density at radius 3 is 2.60 bits per heavy atom. The number of anilines is 1. The van der Waals surface area contributed by atoms with Gasteiger partial charge in [-0.05, 0) is 38.3 Å². The number of fused-ring (bicyclic) bond motifs is 1. The van der Waals surface area contributed by atoms with Crippen LogP contribution in [0.4, 0.5) is 5.82 Å². The third kappa shape index (κ3) is 6.01. The lowest BCUT2D eigenvalue weighted by molar-refractivity contribution is -0.170. The highest BCUT2D eigenvalue weighted by atomic mass is 16.7. The Morgan fingerprint density at radius 2 is 1.95 bits per heavy atom. The second-order valence-electron chi connectivity index (χ2n) is 9.72. The Hall–Kier alpha value is -3.80. The average Bonchev–Trinajstić information content (AvgIpc) is 3.49. The highest BCUT2D eigenvalue weighted by Gasteiger charge is 2.61. The van der Waals surface area contributed by atoms with Gasteiger partial charge in [0.1, 0.15) is 36.2 Å². The molecule has 0 amide bonds. The fraction of sp³-hybridized carbons (Fsp3) is 0.615. The molecule has 2 aromatic heterocycles. The van der Waals surface area contributed by atoms with Gasteiger partial charge in [-0.1, -0.05) is 13.8 Å². The summed E-state index contributed by atoms with van der Waals surface area (Å²) in [6, 6.07) is 4.75. The molecule has 2 aromatic rings. The van der Waals surface area contributed by atoms with Gasteiger partial charge in [0, 0.05) is 12.8 Å². The van der Waals surface area contributed by atoms with Gasteiger partial charge < -0.3 is 29.4 Å². The largest absolute Gasteiger partial charge is 0.461 e. The maximum Gasteiger partial charge on any atom is 0.323 e. The quantitative estimate of drug-likeness (QED) is 0.164. The molecule has 1 unspecified atom stereocenters. The summed E-state index contributed by atoms with van der Waals surface area (Å²) in [7, 11) is 0. The second kappa shape index (κ2) is 12.6. The van der Waals surface area contributed by atoms with Crippen LogP contribution in [0.25, 0.3) is 5.52 Å². The van der Waals surface area contributed by atoms with E-state index in [0.29, 0.717) is 11.2 Å². The zero-order valence-corrected chi connectivity index (χ0v) is 22.7. The van der Waals surface area contributed by atoms with Crippen LogP contribution in [-0.4, -0.2) is 75.8 Å². The number of esters is 3. The molecule has 0 aromatic carbocycles. The first kappa shape index (κ1) is 29.2. The summed E-state index contributed by atoms with van der Waals surface area (Å²) < 4.78 is 30.2. The highest BCUT2D eigenvalue weighted by molar-refractivity contribution is 5.75. The minimum Gasteiger partial charge on any atom is -0.461 e. The molecule has 0 radical (unpaired) electrons. The summed E-state index contributed by atoms with van der Waals surface area (Å²) >= 11 is 0. The molecule has 216 valence electrons. The molecular formula is C26H34N6O8. The lowest BCUT2D eigenvalue weighted by Crippen LogP contribution is -2.50. The van der Waals surface area contributed by atoms with Crippen LogP contribution in [0.1, 0.15) is 64.7 Å². The number of nitrogens with zero attached hydrogens (tertiary/aromatic N) is 4. The molecule has 40 heavy (non-hydrogen) atoms. The zero-order valence-electron chi connectivity index (χ0n) is 22.7. The molecule has 5 atom stereocenters. The van der Waals surface area contributed by atoms with Gasteiger partial charge in [0.05, 0.1) is 19.0 Å². The van der Waals surface area contributed by atoms with Crippen LogP contribution in [0.15, 0.2) is 18.5 Å². The molecule has 0 spiro atoms. The first-order chi connectivity index (χ1) is 19.2. The zero-order chi connectivity index (χ0) is 28.9.